The van der Waals surface area contributed by atoms with Crippen molar-refractivity contribution in [2.45, 2.75) is 63.8 Å². The molecule has 0 spiro atoms. The topological polar surface area (TPSA) is 46.3 Å². The van der Waals surface area contributed by atoms with Crippen LogP contribution in [0, 0.1) is 11.8 Å². The summed E-state index contributed by atoms with van der Waals surface area (Å²) in [5.74, 6) is 1.48. The highest BCUT2D eigenvalue weighted by Crippen LogP contribution is 2.28. The molecule has 0 bridgehead atoms. The van der Waals surface area contributed by atoms with Gasteiger partial charge in [-0.05, 0) is 38.0 Å². The Morgan fingerprint density at radius 1 is 1.11 bits per heavy atom. The highest BCUT2D eigenvalue weighted by Gasteiger charge is 2.27. The van der Waals surface area contributed by atoms with Gasteiger partial charge in [0, 0.05) is 25.6 Å². The van der Waals surface area contributed by atoms with Crippen molar-refractivity contribution < 1.29 is 4.79 Å². The fourth-order valence-electron chi connectivity index (χ4n) is 3.46. The number of nitrogens with zero attached hydrogens (tertiary/aromatic N) is 1. The Labute approximate surface area is 111 Å². The maximum absolute atomic E-state index is 12.3. The van der Waals surface area contributed by atoms with E-state index < -0.39 is 0 Å². The van der Waals surface area contributed by atoms with E-state index in [0.29, 0.717) is 11.9 Å². The molecule has 1 amide bonds. The molecule has 3 heteroatoms. The summed E-state index contributed by atoms with van der Waals surface area (Å²) in [6.45, 7) is 0.950. The van der Waals surface area contributed by atoms with Crippen LogP contribution in [0.1, 0.15) is 57.8 Å². The van der Waals surface area contributed by atoms with Crippen molar-refractivity contribution in [2.75, 3.05) is 13.6 Å². The minimum atomic E-state index is 0.248. The maximum Gasteiger partial charge on any atom is 0.225 e. The van der Waals surface area contributed by atoms with E-state index in [1.165, 1.54) is 32.1 Å². The summed E-state index contributed by atoms with van der Waals surface area (Å²) in [7, 11) is 1.98. The van der Waals surface area contributed by atoms with Crippen LogP contribution in [0.3, 0.4) is 0 Å². The molecular weight excluding hydrogens is 224 g/mol. The zero-order valence-electron chi connectivity index (χ0n) is 11.7. The normalized spacial score (nSPS) is 29.4. The van der Waals surface area contributed by atoms with Gasteiger partial charge >= 0.3 is 0 Å². The second kappa shape index (κ2) is 6.55. The van der Waals surface area contributed by atoms with Crippen molar-refractivity contribution in [3.63, 3.8) is 0 Å². The molecule has 2 aliphatic rings. The van der Waals surface area contributed by atoms with Gasteiger partial charge < -0.3 is 10.6 Å². The molecule has 3 nitrogen and oxygen atoms in total. The van der Waals surface area contributed by atoms with Gasteiger partial charge in [-0.1, -0.05) is 25.7 Å². The van der Waals surface area contributed by atoms with E-state index in [0.717, 1.165) is 38.1 Å². The molecule has 0 saturated heterocycles. The van der Waals surface area contributed by atoms with Gasteiger partial charge in [0.2, 0.25) is 5.91 Å². The highest BCUT2D eigenvalue weighted by molar-refractivity contribution is 5.78. The van der Waals surface area contributed by atoms with E-state index in [4.69, 9.17) is 5.73 Å². The summed E-state index contributed by atoms with van der Waals surface area (Å²) in [5, 5.41) is 0. The molecule has 2 aliphatic carbocycles. The van der Waals surface area contributed by atoms with Crippen LogP contribution in [-0.4, -0.2) is 30.4 Å². The van der Waals surface area contributed by atoms with Gasteiger partial charge in [0.05, 0.1) is 0 Å². The molecule has 104 valence electrons. The number of hydrogen-bond acceptors (Lipinski definition) is 2. The number of amides is 1. The van der Waals surface area contributed by atoms with Crippen molar-refractivity contribution in [1.29, 1.82) is 0 Å². The molecule has 2 saturated carbocycles. The number of hydrogen-bond donors (Lipinski definition) is 1. The minimum Gasteiger partial charge on any atom is -0.346 e. The fraction of sp³-hybridized carbons (Fsp3) is 0.933. The molecule has 0 radical (unpaired) electrons. The number of nitrogens with two attached hydrogens (primary N) is 1. The Kier molecular flexibility index (Phi) is 5.04. The molecule has 0 aliphatic heterocycles. The summed E-state index contributed by atoms with van der Waals surface area (Å²) in [5.41, 5.74) is 5.89. The van der Waals surface area contributed by atoms with E-state index in [1.54, 1.807) is 0 Å². The summed E-state index contributed by atoms with van der Waals surface area (Å²) >= 11 is 0. The third kappa shape index (κ3) is 3.71. The van der Waals surface area contributed by atoms with Crippen LogP contribution in [0.25, 0.3) is 0 Å². The Morgan fingerprint density at radius 2 is 1.72 bits per heavy atom. The standard InChI is InChI=1S/C15H28N2O/c1-17(11-10-12-4-2-3-5-12)15(18)13-6-8-14(16)9-7-13/h12-14H,2-11,16H2,1H3. The monoisotopic (exact) mass is 252 g/mol. The fourth-order valence-corrected chi connectivity index (χ4v) is 3.46. The zero-order valence-corrected chi connectivity index (χ0v) is 11.7. The molecule has 0 aromatic carbocycles. The summed E-state index contributed by atoms with van der Waals surface area (Å²) < 4.78 is 0. The van der Waals surface area contributed by atoms with E-state index in [9.17, 15) is 4.79 Å². The molecule has 2 rings (SSSR count). The Hall–Kier alpha value is -0.570. The van der Waals surface area contributed by atoms with Gasteiger partial charge in [-0.25, -0.2) is 0 Å². The lowest BCUT2D eigenvalue weighted by molar-refractivity contribution is -0.135. The predicted octanol–water partition coefficient (Wildman–Crippen LogP) is 2.54. The third-order valence-electron chi connectivity index (χ3n) is 4.84. The van der Waals surface area contributed by atoms with Gasteiger partial charge in [0.1, 0.15) is 0 Å². The molecule has 0 aromatic rings. The van der Waals surface area contributed by atoms with Gasteiger partial charge in [0.25, 0.3) is 0 Å². The van der Waals surface area contributed by atoms with Gasteiger partial charge in [-0.3, -0.25) is 4.79 Å². The Bertz CT molecular complexity index is 266. The molecule has 0 heterocycles. The largest absolute Gasteiger partial charge is 0.346 e. The average Bonchev–Trinajstić information content (AvgIpc) is 2.89. The molecule has 2 fully saturated rings. The lowest BCUT2D eigenvalue weighted by Gasteiger charge is -2.29. The third-order valence-corrected chi connectivity index (χ3v) is 4.84. The van der Waals surface area contributed by atoms with Crippen LogP contribution >= 0.6 is 0 Å². The van der Waals surface area contributed by atoms with Crippen molar-refractivity contribution in [2.24, 2.45) is 17.6 Å². The van der Waals surface area contributed by atoms with Gasteiger partial charge in [-0.15, -0.1) is 0 Å². The molecule has 0 atom stereocenters. The smallest absolute Gasteiger partial charge is 0.225 e. The van der Waals surface area contributed by atoms with Crippen LogP contribution in [0.15, 0.2) is 0 Å². The van der Waals surface area contributed by atoms with Crippen LogP contribution in [0.2, 0.25) is 0 Å². The summed E-state index contributed by atoms with van der Waals surface area (Å²) in [6, 6.07) is 0.331. The van der Waals surface area contributed by atoms with Crippen molar-refractivity contribution in [1.82, 2.24) is 4.90 Å². The second-order valence-corrected chi connectivity index (χ2v) is 6.31. The maximum atomic E-state index is 12.3. The first kappa shape index (κ1) is 13.9. The molecule has 18 heavy (non-hydrogen) atoms. The zero-order chi connectivity index (χ0) is 13.0. The van der Waals surface area contributed by atoms with E-state index in [2.05, 4.69) is 0 Å². The predicted molar refractivity (Wildman–Crippen MR) is 74.1 cm³/mol. The molecular formula is C15H28N2O. The number of carbonyl (C=O) groups excluding carboxylic acids is 1. The van der Waals surface area contributed by atoms with Crippen molar-refractivity contribution in [3.8, 4) is 0 Å². The van der Waals surface area contributed by atoms with Crippen molar-refractivity contribution >= 4 is 5.91 Å². The summed E-state index contributed by atoms with van der Waals surface area (Å²) in [4.78, 5) is 14.3. The lowest BCUT2D eigenvalue weighted by Crippen LogP contribution is -2.38. The first-order valence-corrected chi connectivity index (χ1v) is 7.67. The molecule has 0 aromatic heterocycles. The Morgan fingerprint density at radius 3 is 2.33 bits per heavy atom. The quantitative estimate of drug-likeness (QED) is 0.835. The van der Waals surface area contributed by atoms with E-state index >= 15 is 0 Å². The molecule has 2 N–H and O–H groups in total. The lowest BCUT2D eigenvalue weighted by atomic mass is 9.85. The van der Waals surface area contributed by atoms with Crippen LogP contribution < -0.4 is 5.73 Å². The molecule has 0 unspecified atom stereocenters. The van der Waals surface area contributed by atoms with Gasteiger partial charge in [-0.2, -0.15) is 0 Å². The van der Waals surface area contributed by atoms with Crippen molar-refractivity contribution in [3.05, 3.63) is 0 Å². The summed E-state index contributed by atoms with van der Waals surface area (Å²) in [6.07, 6.45) is 10.8. The van der Waals surface area contributed by atoms with Crippen LogP contribution in [-0.2, 0) is 4.79 Å². The number of carbonyl (C=O) groups is 1. The SMILES string of the molecule is CN(CCC1CCCC1)C(=O)C1CCC(N)CC1. The van der Waals surface area contributed by atoms with Gasteiger partial charge in [0.15, 0.2) is 0 Å². The van der Waals surface area contributed by atoms with E-state index in [-0.39, 0.29) is 5.92 Å². The minimum absolute atomic E-state index is 0.248. The number of rotatable bonds is 4. The van der Waals surface area contributed by atoms with Crippen LogP contribution in [0.5, 0.6) is 0 Å². The second-order valence-electron chi connectivity index (χ2n) is 6.31. The highest BCUT2D eigenvalue weighted by atomic mass is 16.2. The first-order valence-electron chi connectivity index (χ1n) is 7.67. The average molecular weight is 252 g/mol. The Balaban J connectivity index is 1.70. The van der Waals surface area contributed by atoms with E-state index in [1.807, 2.05) is 11.9 Å². The van der Waals surface area contributed by atoms with Crippen LogP contribution in [0.4, 0.5) is 0 Å². The first-order chi connectivity index (χ1) is 8.66.